The molecule has 0 radical (unpaired) electrons. The van der Waals surface area contributed by atoms with Crippen LogP contribution in [-0.4, -0.2) is 66.1 Å². The molecule has 0 saturated carbocycles. The number of rotatable bonds is 8. The normalized spacial score (nSPS) is 14.8. The van der Waals surface area contributed by atoms with Gasteiger partial charge in [-0.3, -0.25) is 14.7 Å². The van der Waals surface area contributed by atoms with Crippen LogP contribution in [0.5, 0.6) is 0 Å². The number of nitrogens with one attached hydrogen (secondary N) is 1. The summed E-state index contributed by atoms with van der Waals surface area (Å²) in [6, 6.07) is 13.9. The van der Waals surface area contributed by atoms with Crippen LogP contribution in [0, 0.1) is 0 Å². The highest BCUT2D eigenvalue weighted by Crippen LogP contribution is 2.15. The number of benzene rings is 1. The molecule has 0 spiro atoms. The molecular formula is C22H30N4O2. The van der Waals surface area contributed by atoms with Gasteiger partial charge in [0.05, 0.1) is 13.2 Å². The van der Waals surface area contributed by atoms with E-state index in [9.17, 15) is 4.79 Å². The Morgan fingerprint density at radius 1 is 1.21 bits per heavy atom. The molecule has 1 aliphatic rings. The predicted octanol–water partition coefficient (Wildman–Crippen LogP) is 2.88. The Morgan fingerprint density at radius 2 is 1.96 bits per heavy atom. The number of morpholine rings is 1. The highest BCUT2D eigenvalue weighted by molar-refractivity contribution is 5.93. The SMILES string of the molecule is CC(C)N(Cc1ccccc1)C(=O)c1cc(NCCN2CCOCC2)ccn1. The third-order valence-corrected chi connectivity index (χ3v) is 4.92. The van der Waals surface area contributed by atoms with E-state index in [-0.39, 0.29) is 11.9 Å². The summed E-state index contributed by atoms with van der Waals surface area (Å²) in [7, 11) is 0. The average Bonchev–Trinajstić information content (AvgIpc) is 2.73. The second-order valence-electron chi connectivity index (χ2n) is 7.32. The molecule has 1 aromatic carbocycles. The minimum Gasteiger partial charge on any atom is -0.384 e. The van der Waals surface area contributed by atoms with Crippen LogP contribution in [0.25, 0.3) is 0 Å². The van der Waals surface area contributed by atoms with Crippen molar-refractivity contribution in [3.63, 3.8) is 0 Å². The van der Waals surface area contributed by atoms with E-state index in [1.807, 2.05) is 61.2 Å². The Morgan fingerprint density at radius 3 is 2.68 bits per heavy atom. The van der Waals surface area contributed by atoms with Crippen LogP contribution in [-0.2, 0) is 11.3 Å². The van der Waals surface area contributed by atoms with Gasteiger partial charge < -0.3 is 15.0 Å². The molecule has 28 heavy (non-hydrogen) atoms. The molecule has 3 rings (SSSR count). The number of carbonyl (C=O) groups is 1. The largest absolute Gasteiger partial charge is 0.384 e. The van der Waals surface area contributed by atoms with Crippen molar-refractivity contribution in [3.8, 4) is 0 Å². The number of amides is 1. The van der Waals surface area contributed by atoms with Gasteiger partial charge in [0.1, 0.15) is 5.69 Å². The zero-order valence-electron chi connectivity index (χ0n) is 16.8. The van der Waals surface area contributed by atoms with Gasteiger partial charge in [-0.15, -0.1) is 0 Å². The molecule has 0 aliphatic carbocycles. The molecule has 1 N–H and O–H groups in total. The number of anilines is 1. The molecule has 0 bridgehead atoms. The molecule has 1 aliphatic heterocycles. The summed E-state index contributed by atoms with van der Waals surface area (Å²) >= 11 is 0. The number of pyridine rings is 1. The molecule has 2 aromatic rings. The second kappa shape index (κ2) is 10.2. The zero-order chi connectivity index (χ0) is 19.8. The Balaban J connectivity index is 1.61. The molecule has 0 atom stereocenters. The Hall–Kier alpha value is -2.44. The van der Waals surface area contributed by atoms with Crippen LogP contribution >= 0.6 is 0 Å². The van der Waals surface area contributed by atoms with E-state index in [2.05, 4.69) is 15.2 Å². The van der Waals surface area contributed by atoms with Crippen LogP contribution in [0.4, 0.5) is 5.69 Å². The van der Waals surface area contributed by atoms with Crippen molar-refractivity contribution >= 4 is 11.6 Å². The summed E-state index contributed by atoms with van der Waals surface area (Å²) in [5.41, 5.74) is 2.51. The molecule has 6 heteroatoms. The first kappa shape index (κ1) is 20.3. The summed E-state index contributed by atoms with van der Waals surface area (Å²) < 4.78 is 5.38. The van der Waals surface area contributed by atoms with Crippen molar-refractivity contribution in [1.29, 1.82) is 0 Å². The number of hydrogen-bond donors (Lipinski definition) is 1. The van der Waals surface area contributed by atoms with E-state index in [0.29, 0.717) is 12.2 Å². The van der Waals surface area contributed by atoms with Crippen LogP contribution in [0.1, 0.15) is 29.9 Å². The highest BCUT2D eigenvalue weighted by atomic mass is 16.5. The average molecular weight is 383 g/mol. The van der Waals surface area contributed by atoms with Gasteiger partial charge in [0, 0.05) is 50.6 Å². The molecule has 1 amide bonds. The monoisotopic (exact) mass is 382 g/mol. The minimum absolute atomic E-state index is 0.0457. The Labute approximate surface area is 167 Å². The van der Waals surface area contributed by atoms with Gasteiger partial charge in [0.15, 0.2) is 0 Å². The maximum absolute atomic E-state index is 13.1. The van der Waals surface area contributed by atoms with E-state index in [1.165, 1.54) is 0 Å². The summed E-state index contributed by atoms with van der Waals surface area (Å²) in [6.45, 7) is 10.00. The zero-order valence-corrected chi connectivity index (χ0v) is 16.8. The molecule has 1 saturated heterocycles. The minimum atomic E-state index is -0.0457. The fraction of sp³-hybridized carbons (Fsp3) is 0.455. The van der Waals surface area contributed by atoms with Crippen molar-refractivity contribution in [1.82, 2.24) is 14.8 Å². The number of ether oxygens (including phenoxy) is 1. The van der Waals surface area contributed by atoms with E-state index in [0.717, 1.165) is 50.6 Å². The van der Waals surface area contributed by atoms with Crippen LogP contribution in [0.3, 0.4) is 0 Å². The number of hydrogen-bond acceptors (Lipinski definition) is 5. The first-order valence-electron chi connectivity index (χ1n) is 9.98. The summed E-state index contributed by atoms with van der Waals surface area (Å²) in [5.74, 6) is -0.0457. The van der Waals surface area contributed by atoms with Gasteiger partial charge in [-0.1, -0.05) is 30.3 Å². The quantitative estimate of drug-likeness (QED) is 0.761. The topological polar surface area (TPSA) is 57.7 Å². The number of nitrogens with zero attached hydrogens (tertiary/aromatic N) is 3. The molecule has 2 heterocycles. The predicted molar refractivity (Wildman–Crippen MR) is 111 cm³/mol. The highest BCUT2D eigenvalue weighted by Gasteiger charge is 2.20. The summed E-state index contributed by atoms with van der Waals surface area (Å²) in [6.07, 6.45) is 1.70. The first-order valence-corrected chi connectivity index (χ1v) is 9.98. The standard InChI is InChI=1S/C22H30N4O2/c1-18(2)26(17-19-6-4-3-5-7-19)22(27)21-16-20(8-9-24-21)23-10-11-25-12-14-28-15-13-25/h3-9,16,18H,10-15,17H2,1-2H3,(H,23,24). The van der Waals surface area contributed by atoms with Crippen molar-refractivity contribution in [2.24, 2.45) is 0 Å². The molecule has 1 aromatic heterocycles. The van der Waals surface area contributed by atoms with Gasteiger partial charge >= 0.3 is 0 Å². The Bertz CT molecular complexity index is 745. The van der Waals surface area contributed by atoms with Crippen molar-refractivity contribution in [3.05, 3.63) is 59.9 Å². The molecule has 0 unspecified atom stereocenters. The fourth-order valence-corrected chi connectivity index (χ4v) is 3.26. The third-order valence-electron chi connectivity index (χ3n) is 4.92. The van der Waals surface area contributed by atoms with Gasteiger partial charge in [0.25, 0.3) is 5.91 Å². The van der Waals surface area contributed by atoms with Gasteiger partial charge in [-0.25, -0.2) is 0 Å². The lowest BCUT2D eigenvalue weighted by Crippen LogP contribution is -2.39. The lowest BCUT2D eigenvalue weighted by atomic mass is 10.1. The lowest BCUT2D eigenvalue weighted by molar-refractivity contribution is 0.0398. The number of aromatic nitrogens is 1. The van der Waals surface area contributed by atoms with Crippen molar-refractivity contribution in [2.45, 2.75) is 26.4 Å². The van der Waals surface area contributed by atoms with Gasteiger partial charge in [-0.05, 0) is 31.5 Å². The fourth-order valence-electron chi connectivity index (χ4n) is 3.26. The van der Waals surface area contributed by atoms with Crippen LogP contribution < -0.4 is 5.32 Å². The van der Waals surface area contributed by atoms with E-state index < -0.39 is 0 Å². The summed E-state index contributed by atoms with van der Waals surface area (Å²) in [5, 5.41) is 3.41. The van der Waals surface area contributed by atoms with Crippen molar-refractivity contribution < 1.29 is 9.53 Å². The van der Waals surface area contributed by atoms with Crippen LogP contribution in [0.15, 0.2) is 48.7 Å². The number of carbonyl (C=O) groups excluding carboxylic acids is 1. The second-order valence-corrected chi connectivity index (χ2v) is 7.32. The smallest absolute Gasteiger partial charge is 0.273 e. The van der Waals surface area contributed by atoms with Crippen LogP contribution in [0.2, 0.25) is 0 Å². The maximum Gasteiger partial charge on any atom is 0.273 e. The van der Waals surface area contributed by atoms with E-state index >= 15 is 0 Å². The molecule has 150 valence electrons. The molecular weight excluding hydrogens is 352 g/mol. The van der Waals surface area contributed by atoms with E-state index in [4.69, 9.17) is 4.74 Å². The maximum atomic E-state index is 13.1. The Kier molecular flexibility index (Phi) is 7.39. The van der Waals surface area contributed by atoms with E-state index in [1.54, 1.807) is 6.20 Å². The van der Waals surface area contributed by atoms with Gasteiger partial charge in [-0.2, -0.15) is 0 Å². The molecule has 1 fully saturated rings. The lowest BCUT2D eigenvalue weighted by Gasteiger charge is -2.27. The first-order chi connectivity index (χ1) is 13.6. The van der Waals surface area contributed by atoms with Gasteiger partial charge in [0.2, 0.25) is 0 Å². The van der Waals surface area contributed by atoms with Crippen molar-refractivity contribution in [2.75, 3.05) is 44.7 Å². The third kappa shape index (κ3) is 5.78. The summed E-state index contributed by atoms with van der Waals surface area (Å²) in [4.78, 5) is 21.6. The molecule has 6 nitrogen and oxygen atoms in total.